The minimum atomic E-state index is -0.322. The summed E-state index contributed by atoms with van der Waals surface area (Å²) in [7, 11) is 2.94. The zero-order valence-corrected chi connectivity index (χ0v) is 12.1. The van der Waals surface area contributed by atoms with Gasteiger partial charge >= 0.3 is 0 Å². The number of carbonyl (C=O) groups is 1. The number of benzene rings is 1. The van der Waals surface area contributed by atoms with E-state index in [-0.39, 0.29) is 18.2 Å². The molecule has 108 valence electrons. The molecule has 0 fully saturated rings. The maximum atomic E-state index is 11.9. The number of nitrogens with one attached hydrogen (secondary N) is 1. The van der Waals surface area contributed by atoms with Crippen molar-refractivity contribution in [1.82, 2.24) is 5.32 Å². The highest BCUT2D eigenvalue weighted by Gasteiger charge is 2.18. The van der Waals surface area contributed by atoms with E-state index in [1.807, 2.05) is 19.1 Å². The highest BCUT2D eigenvalue weighted by atomic mass is 16.6. The van der Waals surface area contributed by atoms with Crippen LogP contribution >= 0.6 is 0 Å². The molecule has 1 N–H and O–H groups in total. The molecular weight excluding hydrogens is 258 g/mol. The first-order valence-electron chi connectivity index (χ1n) is 6.17. The van der Waals surface area contributed by atoms with Gasteiger partial charge in [0.1, 0.15) is 13.7 Å². The number of carbonyl (C=O) groups excluding carboxylic acids is 1. The smallest absolute Gasteiger partial charge is 0.273 e. The van der Waals surface area contributed by atoms with Crippen LogP contribution in [-0.4, -0.2) is 32.0 Å². The molecule has 6 nitrogen and oxygen atoms in total. The van der Waals surface area contributed by atoms with E-state index in [1.165, 1.54) is 7.11 Å². The molecule has 0 aliphatic heterocycles. The molecule has 0 saturated carbocycles. The lowest BCUT2D eigenvalue weighted by atomic mass is 9.98. The topological polar surface area (TPSA) is 72.3 Å². The third-order valence-corrected chi connectivity index (χ3v) is 2.68. The Balaban J connectivity index is 3.24. The molecule has 0 atom stereocenters. The van der Waals surface area contributed by atoms with Crippen molar-refractivity contribution in [3.8, 4) is 0 Å². The molecule has 0 radical (unpaired) electrons. The van der Waals surface area contributed by atoms with Crippen LogP contribution in [0.15, 0.2) is 28.5 Å². The summed E-state index contributed by atoms with van der Waals surface area (Å²) in [5.74, 6) is -0.322. The Labute approximate surface area is 118 Å². The third kappa shape index (κ3) is 3.81. The number of amides is 1. The zero-order chi connectivity index (χ0) is 15.0. The summed E-state index contributed by atoms with van der Waals surface area (Å²) in [4.78, 5) is 21.8. The Kier molecular flexibility index (Phi) is 6.22. The lowest BCUT2D eigenvalue weighted by Crippen LogP contribution is -2.29. The summed E-state index contributed by atoms with van der Waals surface area (Å²) in [6.07, 6.45) is 1.56. The summed E-state index contributed by atoms with van der Waals surface area (Å²) in [5.41, 5.74) is 2.70. The first-order valence-corrected chi connectivity index (χ1v) is 6.17. The molecule has 6 heteroatoms. The molecule has 1 aromatic carbocycles. The predicted octanol–water partition coefficient (Wildman–Crippen LogP) is 1.61. The van der Waals surface area contributed by atoms with Gasteiger partial charge in [-0.1, -0.05) is 28.5 Å². The summed E-state index contributed by atoms with van der Waals surface area (Å²) in [6.45, 7) is 3.96. The Morgan fingerprint density at radius 1 is 1.45 bits per heavy atom. The van der Waals surface area contributed by atoms with Crippen LogP contribution in [0.3, 0.4) is 0 Å². The highest BCUT2D eigenvalue weighted by molar-refractivity contribution is 6.45. The second-order valence-corrected chi connectivity index (χ2v) is 3.94. The zero-order valence-electron chi connectivity index (χ0n) is 12.1. The highest BCUT2D eigenvalue weighted by Crippen LogP contribution is 2.17. The van der Waals surface area contributed by atoms with Crippen molar-refractivity contribution < 1.29 is 14.5 Å². The number of likely N-dealkylation sites (N-methyl/N-ethyl adjacent to an activating group) is 1. The minimum absolute atomic E-state index is 0.206. The Morgan fingerprint density at radius 2 is 2.20 bits per heavy atom. The van der Waals surface area contributed by atoms with Crippen LogP contribution < -0.4 is 5.32 Å². The fraction of sp³-hybridized carbons (Fsp3) is 0.357. The molecule has 0 aliphatic rings. The largest absolute Gasteiger partial charge is 0.398 e. The maximum absolute atomic E-state index is 11.9. The van der Waals surface area contributed by atoms with Gasteiger partial charge in [-0.3, -0.25) is 4.79 Å². The Morgan fingerprint density at radius 3 is 2.80 bits per heavy atom. The predicted molar refractivity (Wildman–Crippen MR) is 77.7 cm³/mol. The molecule has 20 heavy (non-hydrogen) atoms. The fourth-order valence-electron chi connectivity index (χ4n) is 1.71. The number of rotatable bonds is 6. The molecule has 0 aliphatic carbocycles. The van der Waals surface area contributed by atoms with Crippen LogP contribution in [0.25, 0.3) is 0 Å². The minimum Gasteiger partial charge on any atom is -0.398 e. The van der Waals surface area contributed by atoms with Gasteiger partial charge in [-0.15, -0.1) is 0 Å². The van der Waals surface area contributed by atoms with Gasteiger partial charge in [0.25, 0.3) is 5.91 Å². The van der Waals surface area contributed by atoms with E-state index in [2.05, 4.69) is 15.6 Å². The molecule has 1 aromatic rings. The molecule has 0 saturated heterocycles. The molecule has 0 bridgehead atoms. The van der Waals surface area contributed by atoms with Gasteiger partial charge in [0.15, 0.2) is 5.71 Å². The quantitative estimate of drug-likeness (QED) is 0.634. The van der Waals surface area contributed by atoms with E-state index in [0.717, 1.165) is 11.1 Å². The molecule has 1 amide bonds. The van der Waals surface area contributed by atoms with Gasteiger partial charge in [-0.2, -0.15) is 0 Å². The van der Waals surface area contributed by atoms with E-state index >= 15 is 0 Å². The average molecular weight is 277 g/mol. The SMILES string of the molecule is C/C=N\OCc1c(C)cccc1/C(=N\OC)C(=O)NC. The van der Waals surface area contributed by atoms with Crippen molar-refractivity contribution in [3.63, 3.8) is 0 Å². The third-order valence-electron chi connectivity index (χ3n) is 2.68. The second-order valence-electron chi connectivity index (χ2n) is 3.94. The number of aryl methyl sites for hydroxylation is 1. The average Bonchev–Trinajstić information content (AvgIpc) is 2.46. The van der Waals surface area contributed by atoms with Crippen molar-refractivity contribution >= 4 is 17.8 Å². The van der Waals surface area contributed by atoms with E-state index in [0.29, 0.717) is 5.56 Å². The van der Waals surface area contributed by atoms with E-state index in [9.17, 15) is 4.79 Å². The summed E-state index contributed by atoms with van der Waals surface area (Å²) in [6, 6.07) is 5.59. The van der Waals surface area contributed by atoms with Crippen molar-refractivity contribution in [2.24, 2.45) is 10.3 Å². The van der Waals surface area contributed by atoms with E-state index in [4.69, 9.17) is 9.68 Å². The first kappa shape index (κ1) is 15.7. The monoisotopic (exact) mass is 277 g/mol. The maximum Gasteiger partial charge on any atom is 0.273 e. The van der Waals surface area contributed by atoms with Crippen LogP contribution in [-0.2, 0) is 21.1 Å². The van der Waals surface area contributed by atoms with Gasteiger partial charge < -0.3 is 15.0 Å². The van der Waals surface area contributed by atoms with E-state index < -0.39 is 0 Å². The normalized spacial score (nSPS) is 11.5. The van der Waals surface area contributed by atoms with Gasteiger partial charge in [0, 0.05) is 24.4 Å². The lowest BCUT2D eigenvalue weighted by molar-refractivity contribution is -0.114. The number of hydrogen-bond acceptors (Lipinski definition) is 5. The summed E-state index contributed by atoms with van der Waals surface area (Å²) in [5, 5.41) is 10.1. The van der Waals surface area contributed by atoms with Crippen molar-refractivity contribution in [3.05, 3.63) is 34.9 Å². The molecule has 0 unspecified atom stereocenters. The van der Waals surface area contributed by atoms with Gasteiger partial charge in [0.2, 0.25) is 0 Å². The molecule has 0 heterocycles. The van der Waals surface area contributed by atoms with Gasteiger partial charge in [-0.05, 0) is 19.4 Å². The Hall–Kier alpha value is -2.37. The number of hydrogen-bond donors (Lipinski definition) is 1. The van der Waals surface area contributed by atoms with E-state index in [1.54, 1.807) is 26.3 Å². The van der Waals surface area contributed by atoms with Crippen molar-refractivity contribution in [1.29, 1.82) is 0 Å². The number of oxime groups is 2. The Bertz CT molecular complexity index is 524. The first-order chi connectivity index (χ1) is 9.65. The van der Waals surface area contributed by atoms with Crippen LogP contribution in [0.5, 0.6) is 0 Å². The lowest BCUT2D eigenvalue weighted by Gasteiger charge is -2.12. The van der Waals surface area contributed by atoms with Crippen molar-refractivity contribution in [2.45, 2.75) is 20.5 Å². The molecular formula is C14H19N3O3. The molecule has 1 rings (SSSR count). The van der Waals surface area contributed by atoms with Crippen LogP contribution in [0.4, 0.5) is 0 Å². The summed E-state index contributed by atoms with van der Waals surface area (Å²) >= 11 is 0. The van der Waals surface area contributed by atoms with Crippen molar-refractivity contribution in [2.75, 3.05) is 14.2 Å². The standard InChI is InChI=1S/C14H19N3O3/c1-5-16-20-9-12-10(2)7-6-8-11(12)13(17-19-4)14(18)15-3/h5-8H,9H2,1-4H3,(H,15,18)/b16-5-,17-13+. The summed E-state index contributed by atoms with van der Waals surface area (Å²) < 4.78 is 0. The van der Waals surface area contributed by atoms with Gasteiger partial charge in [0.05, 0.1) is 0 Å². The molecule has 0 spiro atoms. The second kappa shape index (κ2) is 7.93. The van der Waals surface area contributed by atoms with Crippen LogP contribution in [0.2, 0.25) is 0 Å². The fourth-order valence-corrected chi connectivity index (χ4v) is 1.71. The molecule has 0 aromatic heterocycles. The number of nitrogens with zero attached hydrogens (tertiary/aromatic N) is 2. The van der Waals surface area contributed by atoms with Crippen LogP contribution in [0.1, 0.15) is 23.6 Å². The van der Waals surface area contributed by atoms with Gasteiger partial charge in [-0.25, -0.2) is 0 Å². The van der Waals surface area contributed by atoms with Crippen LogP contribution in [0, 0.1) is 6.92 Å².